The number of hydrogen-bond donors (Lipinski definition) is 2. The summed E-state index contributed by atoms with van der Waals surface area (Å²) in [6.07, 6.45) is 4.37. The predicted molar refractivity (Wildman–Crippen MR) is 96.8 cm³/mol. The number of pyridine rings is 1. The Bertz CT molecular complexity index is 789. The molecule has 1 aliphatic rings. The zero-order valence-electron chi connectivity index (χ0n) is 16.1. The first-order chi connectivity index (χ1) is 12.2. The van der Waals surface area contributed by atoms with Gasteiger partial charge in [-0.2, -0.15) is 5.10 Å². The van der Waals surface area contributed by atoms with Crippen molar-refractivity contribution in [2.24, 2.45) is 5.92 Å². The van der Waals surface area contributed by atoms with Crippen molar-refractivity contribution in [2.45, 2.75) is 57.9 Å². The Kier molecular flexibility index (Phi) is 4.61. The maximum atomic E-state index is 11.9. The lowest BCUT2D eigenvalue weighted by molar-refractivity contribution is 0.0636. The maximum Gasteiger partial charge on any atom is 0.412 e. The third-order valence-electron chi connectivity index (χ3n) is 4.44. The van der Waals surface area contributed by atoms with E-state index in [0.717, 1.165) is 24.1 Å². The number of amides is 1. The van der Waals surface area contributed by atoms with Gasteiger partial charge in [-0.3, -0.25) is 5.32 Å². The lowest BCUT2D eigenvalue weighted by Gasteiger charge is -2.25. The molecule has 2 heterocycles. The van der Waals surface area contributed by atoms with Crippen molar-refractivity contribution in [1.29, 1.82) is 0 Å². The minimum absolute atomic E-state index is 0.195. The first-order valence-corrected chi connectivity index (χ1v) is 8.79. The molecule has 6 heteroatoms. The molecule has 0 spiro atoms. The minimum atomic E-state index is -0.712. The number of hydrogen-bond acceptors (Lipinski definition) is 4. The van der Waals surface area contributed by atoms with Gasteiger partial charge < -0.3 is 9.84 Å². The Hall–Kier alpha value is -2.08. The minimum Gasteiger partial charge on any atom is -0.444 e. The van der Waals surface area contributed by atoms with Crippen LogP contribution in [0, 0.1) is 5.92 Å². The number of carbonyl (C=O) groups excluding carboxylic acids is 1. The average molecular weight is 346 g/mol. The van der Waals surface area contributed by atoms with E-state index in [0.29, 0.717) is 24.4 Å². The summed E-state index contributed by atoms with van der Waals surface area (Å²) in [5.41, 5.74) is 1.64. The maximum absolute atomic E-state index is 11.9. The van der Waals surface area contributed by atoms with Crippen molar-refractivity contribution in [2.75, 3.05) is 11.9 Å². The summed E-state index contributed by atoms with van der Waals surface area (Å²) < 4.78 is 15.8. The quantitative estimate of drug-likeness (QED) is 0.882. The van der Waals surface area contributed by atoms with Crippen LogP contribution < -0.4 is 5.32 Å². The molecule has 0 unspecified atom stereocenters. The molecule has 0 saturated heterocycles. The zero-order valence-corrected chi connectivity index (χ0v) is 15.1. The summed E-state index contributed by atoms with van der Waals surface area (Å²) in [7, 11) is 0. The Morgan fingerprint density at radius 1 is 1.40 bits per heavy atom. The highest BCUT2D eigenvalue weighted by molar-refractivity contribution is 5.85. The van der Waals surface area contributed by atoms with Crippen LogP contribution in [0.25, 0.3) is 5.52 Å². The molecule has 1 fully saturated rings. The lowest BCUT2D eigenvalue weighted by atomic mass is 9.81. The van der Waals surface area contributed by atoms with Gasteiger partial charge in [0, 0.05) is 25.8 Å². The zero-order chi connectivity index (χ0) is 18.9. The highest BCUT2D eigenvalue weighted by Crippen LogP contribution is 2.35. The van der Waals surface area contributed by atoms with Gasteiger partial charge in [0.15, 0.2) is 0 Å². The van der Waals surface area contributed by atoms with Crippen molar-refractivity contribution >= 4 is 17.3 Å². The SMILES string of the molecule is [2H]C1(c2cc3cc(NC(=O)OC(C)(C)C)ccn3n2)CCC(CO)CC1. The molecule has 1 saturated carbocycles. The van der Waals surface area contributed by atoms with E-state index in [4.69, 9.17) is 6.11 Å². The third-order valence-corrected chi connectivity index (χ3v) is 4.44. The number of anilines is 1. The van der Waals surface area contributed by atoms with E-state index in [1.807, 2.05) is 32.9 Å². The molecule has 25 heavy (non-hydrogen) atoms. The molecule has 2 aromatic heterocycles. The number of carbonyl (C=O) groups is 1. The summed E-state index contributed by atoms with van der Waals surface area (Å²) in [6, 6.07) is 5.49. The fourth-order valence-electron chi connectivity index (χ4n) is 3.13. The summed E-state index contributed by atoms with van der Waals surface area (Å²) >= 11 is 0. The van der Waals surface area contributed by atoms with Crippen LogP contribution in [0.4, 0.5) is 10.5 Å². The van der Waals surface area contributed by atoms with Crippen molar-refractivity contribution in [3.8, 4) is 0 Å². The number of aliphatic hydroxyl groups is 1. The fraction of sp³-hybridized carbons (Fsp3) is 0.579. The number of fused-ring (bicyclic) bond motifs is 1. The van der Waals surface area contributed by atoms with Gasteiger partial charge in [0.2, 0.25) is 0 Å². The van der Waals surface area contributed by atoms with Crippen LogP contribution in [0.5, 0.6) is 0 Å². The topological polar surface area (TPSA) is 75.9 Å². The van der Waals surface area contributed by atoms with Crippen LogP contribution in [-0.4, -0.2) is 33.0 Å². The number of rotatable bonds is 3. The van der Waals surface area contributed by atoms with Gasteiger partial charge in [-0.25, -0.2) is 9.31 Å². The number of aliphatic hydroxyl groups excluding tert-OH is 1. The lowest BCUT2D eigenvalue weighted by Crippen LogP contribution is -2.27. The van der Waals surface area contributed by atoms with Crippen molar-refractivity contribution in [3.63, 3.8) is 0 Å². The van der Waals surface area contributed by atoms with Crippen LogP contribution in [0.15, 0.2) is 24.4 Å². The van der Waals surface area contributed by atoms with Gasteiger partial charge in [-0.05, 0) is 70.6 Å². The Morgan fingerprint density at radius 2 is 2.12 bits per heavy atom. The Labute approximate surface area is 149 Å². The summed E-state index contributed by atoms with van der Waals surface area (Å²) in [6.45, 7) is 5.65. The molecule has 0 bridgehead atoms. The molecular weight excluding hydrogens is 318 g/mol. The molecular formula is C19H27N3O3. The van der Waals surface area contributed by atoms with Crippen LogP contribution in [0.1, 0.15) is 59.4 Å². The van der Waals surface area contributed by atoms with Gasteiger partial charge in [-0.1, -0.05) is 0 Å². The second kappa shape index (κ2) is 7.04. The molecule has 136 valence electrons. The second-order valence-corrected chi connectivity index (χ2v) is 7.67. The van der Waals surface area contributed by atoms with Gasteiger partial charge in [0.05, 0.1) is 11.2 Å². The van der Waals surface area contributed by atoms with Crippen LogP contribution in [0.2, 0.25) is 0 Å². The molecule has 0 radical (unpaired) electrons. The van der Waals surface area contributed by atoms with Gasteiger partial charge in [0.1, 0.15) is 5.60 Å². The molecule has 2 aromatic rings. The van der Waals surface area contributed by atoms with Gasteiger partial charge in [-0.15, -0.1) is 0 Å². The van der Waals surface area contributed by atoms with E-state index in [1.54, 1.807) is 16.8 Å². The Morgan fingerprint density at radius 3 is 2.76 bits per heavy atom. The normalized spacial score (nSPS) is 24.8. The number of ether oxygens (including phenoxy) is 1. The van der Waals surface area contributed by atoms with E-state index < -0.39 is 17.6 Å². The molecule has 0 aliphatic heterocycles. The van der Waals surface area contributed by atoms with E-state index in [2.05, 4.69) is 10.4 Å². The smallest absolute Gasteiger partial charge is 0.412 e. The van der Waals surface area contributed by atoms with Crippen LogP contribution in [0.3, 0.4) is 0 Å². The number of nitrogens with zero attached hydrogens (tertiary/aromatic N) is 2. The van der Waals surface area contributed by atoms with E-state index >= 15 is 0 Å². The standard InChI is InChI=1S/C19H27N3O3/c1-19(2,3)25-18(24)20-15-8-9-22-16(10-15)11-17(21-22)14-6-4-13(12-23)5-7-14/h8-11,13-14,23H,4-7,12H2,1-3H3,(H,20,24)/i14D. The van der Waals surface area contributed by atoms with E-state index in [9.17, 15) is 9.90 Å². The molecule has 1 amide bonds. The molecule has 0 atom stereocenters. The number of aromatic nitrogens is 2. The molecule has 2 N–H and O–H groups in total. The second-order valence-electron chi connectivity index (χ2n) is 7.67. The van der Waals surface area contributed by atoms with Crippen molar-refractivity contribution < 1.29 is 16.0 Å². The van der Waals surface area contributed by atoms with Crippen LogP contribution >= 0.6 is 0 Å². The summed E-state index contributed by atoms with van der Waals surface area (Å²) in [5.74, 6) is -0.411. The number of nitrogens with one attached hydrogen (secondary N) is 1. The van der Waals surface area contributed by atoms with E-state index in [1.165, 1.54) is 0 Å². The predicted octanol–water partition coefficient (Wildman–Crippen LogP) is 3.95. The van der Waals surface area contributed by atoms with Gasteiger partial charge >= 0.3 is 6.09 Å². The van der Waals surface area contributed by atoms with Gasteiger partial charge in [0.25, 0.3) is 0 Å². The third kappa shape index (κ3) is 4.51. The first kappa shape index (κ1) is 16.4. The highest BCUT2D eigenvalue weighted by Gasteiger charge is 2.24. The average Bonchev–Trinajstić information content (AvgIpc) is 2.98. The molecule has 0 aromatic carbocycles. The monoisotopic (exact) mass is 346 g/mol. The Balaban J connectivity index is 1.76. The molecule has 1 aliphatic carbocycles. The highest BCUT2D eigenvalue weighted by atomic mass is 16.6. The summed E-state index contributed by atoms with van der Waals surface area (Å²) in [5, 5.41) is 16.6. The first-order valence-electron chi connectivity index (χ1n) is 9.29. The fourth-order valence-corrected chi connectivity index (χ4v) is 3.13. The van der Waals surface area contributed by atoms with Crippen LogP contribution in [-0.2, 0) is 4.74 Å². The van der Waals surface area contributed by atoms with Crippen molar-refractivity contribution in [3.05, 3.63) is 30.1 Å². The molecule has 3 rings (SSSR count). The van der Waals surface area contributed by atoms with Crippen molar-refractivity contribution in [1.82, 2.24) is 9.61 Å². The van der Waals surface area contributed by atoms with E-state index in [-0.39, 0.29) is 6.61 Å². The largest absolute Gasteiger partial charge is 0.444 e. The molecule has 6 nitrogen and oxygen atoms in total. The summed E-state index contributed by atoms with van der Waals surface area (Å²) in [4.78, 5) is 11.9.